The van der Waals surface area contributed by atoms with E-state index in [1.54, 1.807) is 0 Å². The third-order valence-electron chi connectivity index (χ3n) is 4.99. The van der Waals surface area contributed by atoms with E-state index in [1.165, 1.54) is 34.8 Å². The summed E-state index contributed by atoms with van der Waals surface area (Å²) in [4.78, 5) is 30.2. The normalized spacial score (nSPS) is 17.4. The molecule has 0 unspecified atom stereocenters. The van der Waals surface area contributed by atoms with Crippen LogP contribution in [0.4, 0.5) is 11.4 Å². The van der Waals surface area contributed by atoms with E-state index in [9.17, 15) is 9.59 Å². The minimum absolute atomic E-state index is 0.208. The number of carbonyl (C=O) groups is 2. The van der Waals surface area contributed by atoms with E-state index in [1.807, 2.05) is 36.6 Å². The van der Waals surface area contributed by atoms with Crippen LogP contribution in [-0.2, 0) is 9.59 Å². The molecule has 0 saturated carbocycles. The smallest absolute Gasteiger partial charge is 0.278 e. The highest BCUT2D eigenvalue weighted by Crippen LogP contribution is 2.33. The van der Waals surface area contributed by atoms with Gasteiger partial charge >= 0.3 is 0 Å². The van der Waals surface area contributed by atoms with E-state index in [0.29, 0.717) is 17.8 Å². The number of imide groups is 1. The summed E-state index contributed by atoms with van der Waals surface area (Å²) in [5.41, 5.74) is 2.88. The highest BCUT2D eigenvalue weighted by atomic mass is 32.1. The van der Waals surface area contributed by atoms with Crippen molar-refractivity contribution < 1.29 is 9.59 Å². The topological polar surface area (TPSA) is 52.7 Å². The number of nitrogens with zero attached hydrogens (tertiary/aromatic N) is 2. The number of hydrogen-bond acceptors (Lipinski definition) is 5. The Morgan fingerprint density at radius 1 is 1.04 bits per heavy atom. The number of benzene rings is 1. The van der Waals surface area contributed by atoms with Gasteiger partial charge in [0.2, 0.25) is 0 Å². The molecule has 2 amide bonds. The van der Waals surface area contributed by atoms with Gasteiger partial charge in [0.05, 0.1) is 5.57 Å². The molecule has 0 bridgehead atoms. The van der Waals surface area contributed by atoms with Crippen LogP contribution in [0.3, 0.4) is 0 Å². The van der Waals surface area contributed by atoms with Crippen LogP contribution < -0.4 is 10.2 Å². The molecule has 1 saturated heterocycles. The highest BCUT2D eigenvalue weighted by molar-refractivity contribution is 7.11. The zero-order valence-electron chi connectivity index (χ0n) is 15.4. The molecule has 0 aliphatic carbocycles. The van der Waals surface area contributed by atoms with Gasteiger partial charge in [-0.2, -0.15) is 0 Å². The predicted molar refractivity (Wildman–Crippen MR) is 110 cm³/mol. The third-order valence-corrected chi connectivity index (χ3v) is 5.88. The quantitative estimate of drug-likeness (QED) is 0.770. The average Bonchev–Trinajstić information content (AvgIpc) is 3.42. The Kier molecular flexibility index (Phi) is 4.99. The molecule has 5 nitrogen and oxygen atoms in total. The van der Waals surface area contributed by atoms with Crippen LogP contribution in [-0.4, -0.2) is 36.3 Å². The van der Waals surface area contributed by atoms with Crippen LogP contribution in [0.15, 0.2) is 47.5 Å². The van der Waals surface area contributed by atoms with Gasteiger partial charge in [0.15, 0.2) is 0 Å². The molecule has 1 aromatic carbocycles. The summed E-state index contributed by atoms with van der Waals surface area (Å²) in [5, 5.41) is 5.14. The number of hydrogen-bond donors (Lipinski definition) is 1. The summed E-state index contributed by atoms with van der Waals surface area (Å²) in [5.74, 6) is -0.450. The molecule has 0 spiro atoms. The van der Waals surface area contributed by atoms with E-state index in [0.717, 1.165) is 30.1 Å². The highest BCUT2D eigenvalue weighted by Gasteiger charge is 2.39. The second kappa shape index (κ2) is 7.56. The molecule has 2 aromatic rings. The Hall–Kier alpha value is -2.60. The van der Waals surface area contributed by atoms with Crippen LogP contribution in [0.25, 0.3) is 5.57 Å². The first-order chi connectivity index (χ1) is 13.2. The lowest BCUT2D eigenvalue weighted by Gasteiger charge is -2.18. The lowest BCUT2D eigenvalue weighted by Crippen LogP contribution is -2.33. The molecular formula is C21H23N3O2S. The maximum Gasteiger partial charge on any atom is 0.278 e. The van der Waals surface area contributed by atoms with Crippen molar-refractivity contribution in [3.63, 3.8) is 0 Å². The van der Waals surface area contributed by atoms with Gasteiger partial charge in [0, 0.05) is 35.9 Å². The van der Waals surface area contributed by atoms with Gasteiger partial charge in [-0.25, -0.2) is 0 Å². The van der Waals surface area contributed by atoms with E-state index in [-0.39, 0.29) is 11.8 Å². The third kappa shape index (κ3) is 3.37. The number of amides is 2. The zero-order valence-corrected chi connectivity index (χ0v) is 16.2. The van der Waals surface area contributed by atoms with Crippen molar-refractivity contribution in [3.05, 3.63) is 52.4 Å². The molecule has 4 rings (SSSR count). The minimum Gasteiger partial charge on any atom is -0.372 e. The first kappa shape index (κ1) is 17.8. The van der Waals surface area contributed by atoms with Crippen LogP contribution in [0.2, 0.25) is 0 Å². The van der Waals surface area contributed by atoms with Crippen molar-refractivity contribution in [2.75, 3.05) is 29.9 Å². The Morgan fingerprint density at radius 3 is 2.41 bits per heavy atom. The van der Waals surface area contributed by atoms with E-state index in [2.05, 4.69) is 22.3 Å². The second-order valence-electron chi connectivity index (χ2n) is 6.86. The lowest BCUT2D eigenvalue weighted by atomic mass is 10.1. The van der Waals surface area contributed by atoms with Crippen molar-refractivity contribution >= 4 is 40.1 Å². The van der Waals surface area contributed by atoms with Gasteiger partial charge in [0.25, 0.3) is 11.8 Å². The fourth-order valence-electron chi connectivity index (χ4n) is 3.64. The van der Waals surface area contributed by atoms with Crippen LogP contribution in [0, 0.1) is 0 Å². The molecule has 1 aromatic heterocycles. The number of carbonyl (C=O) groups excluding carboxylic acids is 2. The molecule has 1 fully saturated rings. The van der Waals surface area contributed by atoms with Crippen LogP contribution in [0.1, 0.15) is 31.1 Å². The molecule has 1 N–H and O–H groups in total. The fourth-order valence-corrected chi connectivity index (χ4v) is 4.41. The van der Waals surface area contributed by atoms with Gasteiger partial charge in [-0.1, -0.05) is 13.0 Å². The molecule has 0 atom stereocenters. The van der Waals surface area contributed by atoms with Gasteiger partial charge in [-0.3, -0.25) is 14.5 Å². The van der Waals surface area contributed by atoms with Gasteiger partial charge in [-0.05, 0) is 55.0 Å². The maximum atomic E-state index is 12.9. The van der Waals surface area contributed by atoms with E-state index < -0.39 is 0 Å². The van der Waals surface area contributed by atoms with Crippen molar-refractivity contribution in [2.45, 2.75) is 26.2 Å². The minimum atomic E-state index is -0.242. The number of anilines is 2. The monoisotopic (exact) mass is 381 g/mol. The Labute approximate surface area is 163 Å². The number of thiophene rings is 1. The average molecular weight is 382 g/mol. The lowest BCUT2D eigenvalue weighted by molar-refractivity contribution is -0.136. The van der Waals surface area contributed by atoms with Gasteiger partial charge < -0.3 is 10.2 Å². The Balaban J connectivity index is 1.63. The first-order valence-electron chi connectivity index (χ1n) is 9.45. The second-order valence-corrected chi connectivity index (χ2v) is 7.80. The van der Waals surface area contributed by atoms with Crippen molar-refractivity contribution in [2.24, 2.45) is 0 Å². The first-order valence-corrected chi connectivity index (χ1v) is 10.3. The van der Waals surface area contributed by atoms with Crippen molar-refractivity contribution in [3.8, 4) is 0 Å². The summed E-state index contributed by atoms with van der Waals surface area (Å²) in [7, 11) is 0. The Morgan fingerprint density at radius 2 is 1.78 bits per heavy atom. The van der Waals surface area contributed by atoms with Crippen LogP contribution >= 0.6 is 11.3 Å². The number of rotatable bonds is 6. The predicted octanol–water partition coefficient (Wildman–Crippen LogP) is 3.95. The summed E-state index contributed by atoms with van der Waals surface area (Å²) in [6, 6.07) is 11.9. The molecule has 6 heteroatoms. The molecule has 140 valence electrons. The standard InChI is InChI=1S/C21H23N3O2S/c1-2-11-24-20(25)18(17-6-5-14-27-17)19(21(24)26)22-15-7-9-16(10-8-15)23-12-3-4-13-23/h5-10,14,22H,2-4,11-13H2,1H3. The van der Waals surface area contributed by atoms with Gasteiger partial charge in [-0.15, -0.1) is 11.3 Å². The van der Waals surface area contributed by atoms with Crippen LogP contribution in [0.5, 0.6) is 0 Å². The fraction of sp³-hybridized carbons (Fsp3) is 0.333. The van der Waals surface area contributed by atoms with Crippen molar-refractivity contribution in [1.82, 2.24) is 4.90 Å². The molecule has 2 aliphatic heterocycles. The van der Waals surface area contributed by atoms with Crippen molar-refractivity contribution in [1.29, 1.82) is 0 Å². The molecule has 0 radical (unpaired) electrons. The summed E-state index contributed by atoms with van der Waals surface area (Å²) in [6.45, 7) is 4.60. The molecule has 3 heterocycles. The molecule has 2 aliphatic rings. The van der Waals surface area contributed by atoms with E-state index in [4.69, 9.17) is 0 Å². The zero-order chi connectivity index (χ0) is 18.8. The summed E-state index contributed by atoms with van der Waals surface area (Å²) in [6.07, 6.45) is 3.22. The molecule has 27 heavy (non-hydrogen) atoms. The summed E-state index contributed by atoms with van der Waals surface area (Å²) >= 11 is 1.48. The van der Waals surface area contributed by atoms with E-state index >= 15 is 0 Å². The molecular weight excluding hydrogens is 358 g/mol. The Bertz CT molecular complexity index is 865. The number of nitrogens with one attached hydrogen (secondary N) is 1. The van der Waals surface area contributed by atoms with Gasteiger partial charge in [0.1, 0.15) is 5.70 Å². The maximum absolute atomic E-state index is 12.9. The SMILES string of the molecule is CCCN1C(=O)C(Nc2ccc(N3CCCC3)cc2)=C(c2cccs2)C1=O. The largest absolute Gasteiger partial charge is 0.372 e. The summed E-state index contributed by atoms with van der Waals surface area (Å²) < 4.78 is 0.